The Hall–Kier alpha value is -2.11. The molecule has 1 aliphatic heterocycles. The first-order valence-corrected chi connectivity index (χ1v) is 10.3. The highest BCUT2D eigenvalue weighted by Crippen LogP contribution is 2.36. The summed E-state index contributed by atoms with van der Waals surface area (Å²) in [5.41, 5.74) is 2.39. The molecule has 1 amide bonds. The number of hydrogen-bond donors (Lipinski definition) is 2. The van der Waals surface area contributed by atoms with Crippen LogP contribution in [0.1, 0.15) is 10.4 Å². The third-order valence-corrected chi connectivity index (χ3v) is 6.25. The summed E-state index contributed by atoms with van der Waals surface area (Å²) < 4.78 is 0. The fourth-order valence-electron chi connectivity index (χ4n) is 4.13. The van der Waals surface area contributed by atoms with E-state index in [0.29, 0.717) is 28.7 Å². The molecule has 1 fully saturated rings. The van der Waals surface area contributed by atoms with Gasteiger partial charge in [-0.3, -0.25) is 4.79 Å². The van der Waals surface area contributed by atoms with Gasteiger partial charge in [-0.1, -0.05) is 59.6 Å². The van der Waals surface area contributed by atoms with Gasteiger partial charge in [-0.15, -0.1) is 0 Å². The molecule has 0 unspecified atom stereocenters. The van der Waals surface area contributed by atoms with Gasteiger partial charge in [0, 0.05) is 59.3 Å². The zero-order valence-corrected chi connectivity index (χ0v) is 17.2. The van der Waals surface area contributed by atoms with E-state index < -0.39 is 0 Å². The maximum atomic E-state index is 13.3. The quantitative estimate of drug-likeness (QED) is 0.642. The molecule has 3 aromatic carbocycles. The summed E-state index contributed by atoms with van der Waals surface area (Å²) in [6.45, 7) is 0.812. The molecule has 2 N–H and O–H groups in total. The van der Waals surface area contributed by atoms with Gasteiger partial charge in [0.2, 0.25) is 0 Å². The zero-order chi connectivity index (χ0) is 20.5. The lowest BCUT2D eigenvalue weighted by Crippen LogP contribution is -2.29. The fourth-order valence-corrected chi connectivity index (χ4v) is 4.64. The van der Waals surface area contributed by atoms with Gasteiger partial charge in [0.25, 0.3) is 5.91 Å². The lowest BCUT2D eigenvalue weighted by atomic mass is 9.95. The number of nitrogens with zero attached hydrogens (tertiary/aromatic N) is 1. The lowest BCUT2D eigenvalue weighted by Gasteiger charge is -2.18. The summed E-state index contributed by atoms with van der Waals surface area (Å²) in [6, 6.07) is 16.9. The Kier molecular flexibility index (Phi) is 5.79. The number of halogens is 2. The van der Waals surface area contributed by atoms with Crippen LogP contribution in [-0.4, -0.2) is 47.3 Å². The Labute approximate surface area is 179 Å². The monoisotopic (exact) mass is 429 g/mol. The first-order valence-electron chi connectivity index (χ1n) is 9.51. The number of aliphatic hydroxyl groups excluding tert-OH is 2. The predicted molar refractivity (Wildman–Crippen MR) is 116 cm³/mol. The maximum absolute atomic E-state index is 13.3. The van der Waals surface area contributed by atoms with E-state index >= 15 is 0 Å². The van der Waals surface area contributed by atoms with E-state index in [0.717, 1.165) is 21.9 Å². The molecule has 6 heteroatoms. The number of rotatable bonds is 4. The maximum Gasteiger partial charge on any atom is 0.254 e. The number of likely N-dealkylation sites (tertiary alicyclic amines) is 1. The van der Waals surface area contributed by atoms with Crippen molar-refractivity contribution in [3.05, 3.63) is 70.2 Å². The Morgan fingerprint density at radius 1 is 0.897 bits per heavy atom. The summed E-state index contributed by atoms with van der Waals surface area (Å²) in [5, 5.41) is 22.0. The normalized spacial score (nSPS) is 19.1. The van der Waals surface area contributed by atoms with E-state index in [1.165, 1.54) is 0 Å². The first-order chi connectivity index (χ1) is 14.0. The van der Waals surface area contributed by atoms with Gasteiger partial charge in [0.15, 0.2) is 0 Å². The molecule has 0 aliphatic carbocycles. The van der Waals surface area contributed by atoms with Gasteiger partial charge in [-0.25, -0.2) is 0 Å². The van der Waals surface area contributed by atoms with Crippen molar-refractivity contribution in [3.8, 4) is 11.1 Å². The van der Waals surface area contributed by atoms with Crippen LogP contribution in [0.4, 0.5) is 0 Å². The van der Waals surface area contributed by atoms with E-state index in [4.69, 9.17) is 23.2 Å². The molecule has 3 aromatic rings. The minimum absolute atomic E-state index is 0.0379. The highest BCUT2D eigenvalue weighted by Gasteiger charge is 2.35. The van der Waals surface area contributed by atoms with E-state index in [1.807, 2.05) is 42.5 Å². The van der Waals surface area contributed by atoms with E-state index in [-0.39, 0.29) is 31.0 Å². The Balaban J connectivity index is 1.77. The number of carbonyl (C=O) groups is 1. The SMILES string of the molecule is O=C(c1cccc2c(-c3ccc(Cl)cc3Cl)cccc12)N1C[C@@H](CO)[C@H](CO)C1. The molecule has 1 aliphatic rings. The van der Waals surface area contributed by atoms with E-state index in [2.05, 4.69) is 0 Å². The van der Waals surface area contributed by atoms with Gasteiger partial charge < -0.3 is 15.1 Å². The fraction of sp³-hybridized carbons (Fsp3) is 0.261. The van der Waals surface area contributed by atoms with Crippen molar-refractivity contribution in [3.63, 3.8) is 0 Å². The van der Waals surface area contributed by atoms with Crippen LogP contribution >= 0.6 is 23.2 Å². The Bertz CT molecular complexity index is 1060. The second-order valence-electron chi connectivity index (χ2n) is 7.43. The van der Waals surface area contributed by atoms with Crippen LogP contribution in [0.5, 0.6) is 0 Å². The molecule has 1 heterocycles. The number of benzene rings is 3. The molecule has 150 valence electrons. The summed E-state index contributed by atoms with van der Waals surface area (Å²) >= 11 is 12.5. The van der Waals surface area contributed by atoms with Crippen LogP contribution in [0, 0.1) is 11.8 Å². The van der Waals surface area contributed by atoms with Gasteiger partial charge in [0.1, 0.15) is 0 Å². The molecule has 0 spiro atoms. The van der Waals surface area contributed by atoms with Crippen LogP contribution in [0.15, 0.2) is 54.6 Å². The number of fused-ring (bicyclic) bond motifs is 1. The molecule has 0 radical (unpaired) electrons. The van der Waals surface area contributed by atoms with Gasteiger partial charge in [-0.2, -0.15) is 0 Å². The first kappa shape index (κ1) is 20.2. The number of aliphatic hydroxyl groups is 2. The molecular weight excluding hydrogens is 409 g/mol. The Morgan fingerprint density at radius 3 is 2.21 bits per heavy atom. The molecule has 0 bridgehead atoms. The van der Waals surface area contributed by atoms with Crippen molar-refractivity contribution in [2.45, 2.75) is 0 Å². The average Bonchev–Trinajstić information content (AvgIpc) is 3.16. The van der Waals surface area contributed by atoms with Crippen molar-refractivity contribution >= 4 is 39.9 Å². The number of hydrogen-bond acceptors (Lipinski definition) is 3. The van der Waals surface area contributed by atoms with Crippen LogP contribution in [-0.2, 0) is 0 Å². The van der Waals surface area contributed by atoms with Gasteiger partial charge in [0.05, 0.1) is 0 Å². The highest BCUT2D eigenvalue weighted by molar-refractivity contribution is 6.36. The van der Waals surface area contributed by atoms with E-state index in [1.54, 1.807) is 17.0 Å². The molecule has 2 atom stereocenters. The molecule has 1 saturated heterocycles. The van der Waals surface area contributed by atoms with Gasteiger partial charge >= 0.3 is 0 Å². The van der Waals surface area contributed by atoms with Crippen molar-refractivity contribution in [2.75, 3.05) is 26.3 Å². The largest absolute Gasteiger partial charge is 0.396 e. The smallest absolute Gasteiger partial charge is 0.254 e. The zero-order valence-electron chi connectivity index (χ0n) is 15.7. The summed E-state index contributed by atoms with van der Waals surface area (Å²) in [6.07, 6.45) is 0. The molecule has 0 saturated carbocycles. The third-order valence-electron chi connectivity index (χ3n) is 5.71. The second-order valence-corrected chi connectivity index (χ2v) is 8.27. The lowest BCUT2D eigenvalue weighted by molar-refractivity contribution is 0.0780. The topological polar surface area (TPSA) is 60.8 Å². The second kappa shape index (κ2) is 8.33. The standard InChI is InChI=1S/C23H21Cl2NO3/c24-16-7-8-20(22(25)9-16)18-4-1-5-19-17(18)3-2-6-21(19)23(29)26-10-14(12-27)15(11-26)13-28/h1-9,14-15,27-28H,10-13H2/t14-,15-/m0/s1. The molecule has 4 rings (SSSR count). The van der Waals surface area contributed by atoms with Crippen LogP contribution in [0.2, 0.25) is 10.0 Å². The highest BCUT2D eigenvalue weighted by atomic mass is 35.5. The molecule has 29 heavy (non-hydrogen) atoms. The van der Waals surface area contributed by atoms with Crippen molar-refractivity contribution in [1.29, 1.82) is 0 Å². The minimum atomic E-state index is -0.0950. The van der Waals surface area contributed by atoms with Crippen LogP contribution in [0.25, 0.3) is 21.9 Å². The summed E-state index contributed by atoms with van der Waals surface area (Å²) in [5.74, 6) is -0.283. The molecular formula is C23H21Cl2NO3. The van der Waals surface area contributed by atoms with E-state index in [9.17, 15) is 15.0 Å². The Morgan fingerprint density at radius 2 is 1.55 bits per heavy atom. The third kappa shape index (κ3) is 3.74. The summed E-state index contributed by atoms with van der Waals surface area (Å²) in [7, 11) is 0. The minimum Gasteiger partial charge on any atom is -0.396 e. The predicted octanol–water partition coefficient (Wildman–Crippen LogP) is 4.49. The van der Waals surface area contributed by atoms with Crippen molar-refractivity contribution in [1.82, 2.24) is 4.90 Å². The van der Waals surface area contributed by atoms with Gasteiger partial charge in [-0.05, 0) is 34.5 Å². The van der Waals surface area contributed by atoms with Crippen LogP contribution in [0.3, 0.4) is 0 Å². The average molecular weight is 430 g/mol. The van der Waals surface area contributed by atoms with Crippen molar-refractivity contribution in [2.24, 2.45) is 11.8 Å². The molecule has 0 aromatic heterocycles. The van der Waals surface area contributed by atoms with Crippen molar-refractivity contribution < 1.29 is 15.0 Å². The molecule has 4 nitrogen and oxygen atoms in total. The summed E-state index contributed by atoms with van der Waals surface area (Å²) in [4.78, 5) is 15.0. The number of carbonyl (C=O) groups excluding carboxylic acids is 1. The van der Waals surface area contributed by atoms with Crippen LogP contribution < -0.4 is 0 Å². The number of amides is 1.